The molecule has 0 saturated heterocycles. The maximum absolute atomic E-state index is 12.1. The van der Waals surface area contributed by atoms with E-state index in [0.717, 1.165) is 17.3 Å². The van der Waals surface area contributed by atoms with E-state index in [4.69, 9.17) is 0 Å². The quantitative estimate of drug-likeness (QED) is 0.775. The van der Waals surface area contributed by atoms with Gasteiger partial charge in [0, 0.05) is 10.2 Å². The van der Waals surface area contributed by atoms with Crippen molar-refractivity contribution in [3.8, 4) is 0 Å². The van der Waals surface area contributed by atoms with Crippen molar-refractivity contribution in [3.63, 3.8) is 0 Å². The van der Waals surface area contributed by atoms with E-state index in [0.29, 0.717) is 24.4 Å². The summed E-state index contributed by atoms with van der Waals surface area (Å²) in [4.78, 5) is 23.6. The topological polar surface area (TPSA) is 78.4 Å². The summed E-state index contributed by atoms with van der Waals surface area (Å²) in [5.74, 6) is -0.450. The number of carbonyl (C=O) groups is 2. The Balaban J connectivity index is 2.02. The maximum atomic E-state index is 12.1. The predicted octanol–water partition coefficient (Wildman–Crippen LogP) is 3.60. The lowest BCUT2D eigenvalue weighted by molar-refractivity contribution is -0.146. The van der Waals surface area contributed by atoms with Crippen LogP contribution >= 0.6 is 15.9 Å². The molecule has 1 aromatic carbocycles. The molecule has 3 N–H and O–H groups in total. The van der Waals surface area contributed by atoms with Crippen molar-refractivity contribution in [2.75, 3.05) is 5.32 Å². The highest BCUT2D eigenvalue weighted by Crippen LogP contribution is 2.32. The van der Waals surface area contributed by atoms with Crippen molar-refractivity contribution in [1.82, 2.24) is 5.32 Å². The average Bonchev–Trinajstić information content (AvgIpc) is 2.44. The van der Waals surface area contributed by atoms with Crippen LogP contribution in [0.3, 0.4) is 0 Å². The minimum atomic E-state index is -1.15. The molecule has 1 fully saturated rings. The number of urea groups is 1. The number of carboxylic acids is 1. The predicted molar refractivity (Wildman–Crippen MR) is 84.3 cm³/mol. The second-order valence-electron chi connectivity index (χ2n) is 5.66. The largest absolute Gasteiger partial charge is 0.480 e. The van der Waals surface area contributed by atoms with E-state index in [1.807, 2.05) is 12.1 Å². The van der Waals surface area contributed by atoms with Gasteiger partial charge < -0.3 is 15.7 Å². The molecule has 0 atom stereocenters. The number of benzene rings is 1. The Labute approximate surface area is 132 Å². The zero-order valence-electron chi connectivity index (χ0n) is 11.9. The fourth-order valence-corrected chi connectivity index (χ4v) is 2.82. The molecule has 1 saturated carbocycles. The lowest BCUT2D eigenvalue weighted by atomic mass is 9.77. The lowest BCUT2D eigenvalue weighted by Crippen LogP contribution is -2.57. The Hall–Kier alpha value is -1.56. The first kappa shape index (κ1) is 15.8. The van der Waals surface area contributed by atoms with Crippen LogP contribution in [-0.4, -0.2) is 22.6 Å². The van der Waals surface area contributed by atoms with Crippen LogP contribution in [0.4, 0.5) is 10.5 Å². The van der Waals surface area contributed by atoms with Gasteiger partial charge in [-0.15, -0.1) is 0 Å². The third-order valence-corrected chi connectivity index (χ3v) is 4.52. The number of rotatable bonds is 3. The molecule has 0 heterocycles. The molecule has 114 valence electrons. The minimum absolute atomic E-state index is 0.470. The monoisotopic (exact) mass is 354 g/mol. The molecule has 0 radical (unpaired) electrons. The van der Waals surface area contributed by atoms with E-state index in [-0.39, 0.29) is 0 Å². The van der Waals surface area contributed by atoms with Gasteiger partial charge in [0.05, 0.1) is 0 Å². The van der Waals surface area contributed by atoms with Crippen molar-refractivity contribution in [2.45, 2.75) is 38.1 Å². The van der Waals surface area contributed by atoms with Crippen LogP contribution < -0.4 is 10.6 Å². The van der Waals surface area contributed by atoms with Gasteiger partial charge in [-0.3, -0.25) is 0 Å². The van der Waals surface area contributed by atoms with E-state index < -0.39 is 17.5 Å². The first-order valence-electron chi connectivity index (χ1n) is 6.99. The number of anilines is 1. The number of hydrogen-bond donors (Lipinski definition) is 3. The molecule has 0 aromatic heterocycles. The minimum Gasteiger partial charge on any atom is -0.480 e. The van der Waals surface area contributed by atoms with Gasteiger partial charge in [-0.1, -0.05) is 22.9 Å². The summed E-state index contributed by atoms with van der Waals surface area (Å²) in [6.45, 7) is 2.10. The maximum Gasteiger partial charge on any atom is 0.329 e. The van der Waals surface area contributed by atoms with Crippen molar-refractivity contribution in [2.24, 2.45) is 5.92 Å². The standard InChI is InChI=1S/C15H19BrN2O3/c1-10-6-8-15(9-7-10,13(19)20)18-14(21)17-12-4-2-11(16)3-5-12/h2-5,10H,6-9H2,1H3,(H,19,20)(H2,17,18,21). The summed E-state index contributed by atoms with van der Waals surface area (Å²) in [6, 6.07) is 6.64. The smallest absolute Gasteiger partial charge is 0.329 e. The van der Waals surface area contributed by atoms with E-state index in [1.165, 1.54) is 0 Å². The van der Waals surface area contributed by atoms with Gasteiger partial charge in [-0.25, -0.2) is 9.59 Å². The Morgan fingerprint density at radius 3 is 2.33 bits per heavy atom. The number of carboxylic acid groups (broad SMARTS) is 1. The van der Waals surface area contributed by atoms with E-state index in [9.17, 15) is 14.7 Å². The molecule has 0 unspecified atom stereocenters. The molecule has 2 rings (SSSR count). The van der Waals surface area contributed by atoms with Gasteiger partial charge in [0.25, 0.3) is 0 Å². The van der Waals surface area contributed by atoms with Crippen molar-refractivity contribution in [1.29, 1.82) is 0 Å². The number of hydrogen-bond acceptors (Lipinski definition) is 2. The van der Waals surface area contributed by atoms with E-state index >= 15 is 0 Å². The van der Waals surface area contributed by atoms with Crippen LogP contribution in [0, 0.1) is 5.92 Å². The Bertz CT molecular complexity index is 522. The zero-order valence-corrected chi connectivity index (χ0v) is 13.4. The third-order valence-electron chi connectivity index (χ3n) is 3.99. The van der Waals surface area contributed by atoms with Crippen LogP contribution in [0.2, 0.25) is 0 Å². The molecule has 0 spiro atoms. The highest BCUT2D eigenvalue weighted by molar-refractivity contribution is 9.10. The first-order chi connectivity index (χ1) is 9.91. The number of halogens is 1. The highest BCUT2D eigenvalue weighted by Gasteiger charge is 2.42. The number of nitrogens with one attached hydrogen (secondary N) is 2. The molecular weight excluding hydrogens is 336 g/mol. The van der Waals surface area contributed by atoms with Crippen molar-refractivity contribution >= 4 is 33.6 Å². The summed E-state index contributed by atoms with van der Waals surface area (Å²) in [6.07, 6.45) is 2.56. The summed E-state index contributed by atoms with van der Waals surface area (Å²) in [7, 11) is 0. The van der Waals surface area contributed by atoms with Gasteiger partial charge in [-0.05, 0) is 55.9 Å². The SMILES string of the molecule is CC1CCC(NC(=O)Nc2ccc(Br)cc2)(C(=O)O)CC1. The van der Waals surface area contributed by atoms with Crippen molar-refractivity contribution in [3.05, 3.63) is 28.7 Å². The Kier molecular flexibility index (Phi) is 4.88. The molecule has 1 aliphatic rings. The highest BCUT2D eigenvalue weighted by atomic mass is 79.9. The van der Waals surface area contributed by atoms with Gasteiger partial charge in [0.1, 0.15) is 5.54 Å². The van der Waals surface area contributed by atoms with E-state index in [2.05, 4.69) is 33.5 Å². The number of carbonyl (C=O) groups excluding carboxylic acids is 1. The third kappa shape index (κ3) is 3.97. The van der Waals surface area contributed by atoms with Gasteiger partial charge in [0.2, 0.25) is 0 Å². The molecule has 0 bridgehead atoms. The van der Waals surface area contributed by atoms with Crippen molar-refractivity contribution < 1.29 is 14.7 Å². The van der Waals surface area contributed by atoms with Crippen LogP contribution in [0.15, 0.2) is 28.7 Å². The van der Waals surface area contributed by atoms with Crippen LogP contribution in [0.1, 0.15) is 32.6 Å². The molecule has 2 amide bonds. The summed E-state index contributed by atoms with van der Waals surface area (Å²) < 4.78 is 0.914. The second kappa shape index (κ2) is 6.47. The summed E-state index contributed by atoms with van der Waals surface area (Å²) >= 11 is 3.32. The van der Waals surface area contributed by atoms with Crippen LogP contribution in [0.25, 0.3) is 0 Å². The average molecular weight is 355 g/mol. The van der Waals surface area contributed by atoms with E-state index in [1.54, 1.807) is 12.1 Å². The van der Waals surface area contributed by atoms with Gasteiger partial charge >= 0.3 is 12.0 Å². The summed E-state index contributed by atoms with van der Waals surface area (Å²) in [5.41, 5.74) is -0.521. The molecule has 5 nitrogen and oxygen atoms in total. The normalized spacial score (nSPS) is 25.1. The first-order valence-corrected chi connectivity index (χ1v) is 7.79. The molecule has 0 aliphatic heterocycles. The zero-order chi connectivity index (χ0) is 15.5. The summed E-state index contributed by atoms with van der Waals surface area (Å²) in [5, 5.41) is 14.8. The fourth-order valence-electron chi connectivity index (χ4n) is 2.56. The number of aliphatic carboxylic acids is 1. The van der Waals surface area contributed by atoms with Gasteiger partial charge in [0.15, 0.2) is 0 Å². The molecule has 1 aliphatic carbocycles. The lowest BCUT2D eigenvalue weighted by Gasteiger charge is -2.36. The number of amides is 2. The molecule has 1 aromatic rings. The Morgan fingerprint density at radius 2 is 1.81 bits per heavy atom. The van der Waals surface area contributed by atoms with Gasteiger partial charge in [-0.2, -0.15) is 0 Å². The fraction of sp³-hybridized carbons (Fsp3) is 0.467. The second-order valence-corrected chi connectivity index (χ2v) is 6.57. The van der Waals surface area contributed by atoms with Crippen LogP contribution in [-0.2, 0) is 4.79 Å². The van der Waals surface area contributed by atoms with Crippen LogP contribution in [0.5, 0.6) is 0 Å². The molecule has 6 heteroatoms. The molecular formula is C15H19BrN2O3. The molecule has 21 heavy (non-hydrogen) atoms. The Morgan fingerprint density at radius 1 is 1.24 bits per heavy atom.